The number of epoxide rings is 1. The Bertz CT molecular complexity index is 395. The van der Waals surface area contributed by atoms with Crippen LogP contribution in [0, 0.1) is 11.8 Å². The maximum absolute atomic E-state index is 6.05. The predicted molar refractivity (Wildman–Crippen MR) is 64.1 cm³/mol. The quantitative estimate of drug-likeness (QED) is 0.699. The van der Waals surface area contributed by atoms with Crippen molar-refractivity contribution in [2.75, 3.05) is 0 Å². The molecule has 1 saturated heterocycles. The van der Waals surface area contributed by atoms with Crippen LogP contribution in [0.3, 0.4) is 0 Å². The SMILES string of the molecule is CC(C)[C@@H]1CC[C@]2(c3cccn3C)O[C@@H]2C1. The molecule has 88 valence electrons. The van der Waals surface area contributed by atoms with E-state index in [0.29, 0.717) is 6.10 Å². The van der Waals surface area contributed by atoms with Crippen molar-refractivity contribution in [2.45, 2.75) is 44.8 Å². The third-order valence-corrected chi connectivity index (χ3v) is 4.54. The molecule has 0 spiro atoms. The Morgan fingerprint density at radius 2 is 2.31 bits per heavy atom. The highest BCUT2D eigenvalue weighted by Crippen LogP contribution is 2.57. The number of aromatic nitrogens is 1. The summed E-state index contributed by atoms with van der Waals surface area (Å²) in [7, 11) is 2.12. The zero-order valence-electron chi connectivity index (χ0n) is 10.4. The molecule has 2 aliphatic rings. The number of hydrogen-bond donors (Lipinski definition) is 0. The van der Waals surface area contributed by atoms with Gasteiger partial charge in [-0.15, -0.1) is 0 Å². The third-order valence-electron chi connectivity index (χ3n) is 4.54. The van der Waals surface area contributed by atoms with E-state index in [-0.39, 0.29) is 5.60 Å². The molecule has 0 unspecified atom stereocenters. The molecular weight excluding hydrogens is 198 g/mol. The van der Waals surface area contributed by atoms with Gasteiger partial charge < -0.3 is 9.30 Å². The summed E-state index contributed by atoms with van der Waals surface area (Å²) in [5.74, 6) is 1.66. The van der Waals surface area contributed by atoms with Crippen LogP contribution in [0.25, 0.3) is 0 Å². The molecule has 2 fully saturated rings. The van der Waals surface area contributed by atoms with Crippen LogP contribution in [-0.4, -0.2) is 10.7 Å². The van der Waals surface area contributed by atoms with Gasteiger partial charge in [-0.2, -0.15) is 0 Å². The van der Waals surface area contributed by atoms with Crippen molar-refractivity contribution in [3.05, 3.63) is 24.0 Å². The minimum absolute atomic E-state index is 0.0869. The molecule has 3 rings (SSSR count). The molecular formula is C14H21NO. The van der Waals surface area contributed by atoms with Crippen LogP contribution < -0.4 is 0 Å². The van der Waals surface area contributed by atoms with Gasteiger partial charge in [0.2, 0.25) is 0 Å². The second-order valence-corrected chi connectivity index (χ2v) is 5.78. The lowest BCUT2D eigenvalue weighted by molar-refractivity contribution is 0.256. The van der Waals surface area contributed by atoms with Crippen molar-refractivity contribution in [3.63, 3.8) is 0 Å². The lowest BCUT2D eigenvalue weighted by Crippen LogP contribution is -2.26. The molecule has 16 heavy (non-hydrogen) atoms. The molecule has 3 atom stereocenters. The molecule has 0 amide bonds. The normalized spacial score (nSPS) is 37.5. The average Bonchev–Trinajstić information content (AvgIpc) is 2.83. The second-order valence-electron chi connectivity index (χ2n) is 5.78. The minimum atomic E-state index is 0.0869. The molecule has 2 nitrogen and oxygen atoms in total. The molecule has 1 aliphatic heterocycles. The number of fused-ring (bicyclic) bond motifs is 1. The Hall–Kier alpha value is -0.760. The average molecular weight is 219 g/mol. The molecule has 0 N–H and O–H groups in total. The Kier molecular flexibility index (Phi) is 2.19. The van der Waals surface area contributed by atoms with Gasteiger partial charge in [-0.05, 0) is 43.2 Å². The van der Waals surface area contributed by atoms with Crippen LogP contribution in [0.15, 0.2) is 18.3 Å². The first kappa shape index (κ1) is 10.4. The topological polar surface area (TPSA) is 17.5 Å². The molecule has 1 aromatic rings. The Balaban J connectivity index is 1.79. The highest BCUT2D eigenvalue weighted by Gasteiger charge is 2.61. The zero-order chi connectivity index (χ0) is 11.3. The van der Waals surface area contributed by atoms with Gasteiger partial charge in [0.05, 0.1) is 11.8 Å². The van der Waals surface area contributed by atoms with Crippen LogP contribution in [0.5, 0.6) is 0 Å². The van der Waals surface area contributed by atoms with E-state index in [9.17, 15) is 0 Å². The van der Waals surface area contributed by atoms with Crippen molar-refractivity contribution in [2.24, 2.45) is 18.9 Å². The fourth-order valence-corrected chi connectivity index (χ4v) is 3.33. The highest BCUT2D eigenvalue weighted by molar-refractivity contribution is 5.25. The fraction of sp³-hybridized carbons (Fsp3) is 0.714. The molecule has 1 aromatic heterocycles. The number of rotatable bonds is 2. The first-order valence-electron chi connectivity index (χ1n) is 6.43. The summed E-state index contributed by atoms with van der Waals surface area (Å²) in [5, 5.41) is 0. The van der Waals surface area contributed by atoms with E-state index >= 15 is 0 Å². The molecule has 1 aliphatic carbocycles. The maximum atomic E-state index is 6.05. The van der Waals surface area contributed by atoms with E-state index in [1.54, 1.807) is 0 Å². The summed E-state index contributed by atoms with van der Waals surface area (Å²) in [6, 6.07) is 4.34. The summed E-state index contributed by atoms with van der Waals surface area (Å²) in [6.45, 7) is 4.67. The summed E-state index contributed by atoms with van der Waals surface area (Å²) in [5.41, 5.74) is 1.46. The number of nitrogens with zero attached hydrogens (tertiary/aromatic N) is 1. The highest BCUT2D eigenvalue weighted by atomic mass is 16.6. The molecule has 0 bridgehead atoms. The Labute approximate surface area is 97.6 Å². The van der Waals surface area contributed by atoms with Crippen LogP contribution in [0.2, 0.25) is 0 Å². The van der Waals surface area contributed by atoms with E-state index in [1.165, 1.54) is 25.0 Å². The number of hydrogen-bond acceptors (Lipinski definition) is 1. The summed E-state index contributed by atoms with van der Waals surface area (Å²) >= 11 is 0. The van der Waals surface area contributed by atoms with Crippen LogP contribution in [-0.2, 0) is 17.4 Å². The lowest BCUT2D eigenvalue weighted by atomic mass is 9.76. The van der Waals surface area contributed by atoms with Crippen molar-refractivity contribution >= 4 is 0 Å². The Morgan fingerprint density at radius 1 is 1.50 bits per heavy atom. The van der Waals surface area contributed by atoms with Gasteiger partial charge in [-0.3, -0.25) is 0 Å². The van der Waals surface area contributed by atoms with Gasteiger partial charge in [0.1, 0.15) is 5.60 Å². The summed E-state index contributed by atoms with van der Waals surface area (Å²) in [4.78, 5) is 0. The monoisotopic (exact) mass is 219 g/mol. The predicted octanol–water partition coefficient (Wildman–Crippen LogP) is 3.08. The third kappa shape index (κ3) is 1.36. The summed E-state index contributed by atoms with van der Waals surface area (Å²) < 4.78 is 8.27. The van der Waals surface area contributed by atoms with E-state index in [0.717, 1.165) is 11.8 Å². The van der Waals surface area contributed by atoms with Gasteiger partial charge in [0.15, 0.2) is 0 Å². The van der Waals surface area contributed by atoms with Gasteiger partial charge in [-0.25, -0.2) is 0 Å². The first-order valence-corrected chi connectivity index (χ1v) is 6.43. The van der Waals surface area contributed by atoms with E-state index < -0.39 is 0 Å². The molecule has 0 aromatic carbocycles. The maximum Gasteiger partial charge on any atom is 0.134 e. The first-order chi connectivity index (χ1) is 7.63. The summed E-state index contributed by atoms with van der Waals surface area (Å²) in [6.07, 6.45) is 6.39. The minimum Gasteiger partial charge on any atom is -0.359 e. The lowest BCUT2D eigenvalue weighted by Gasteiger charge is -2.27. The Morgan fingerprint density at radius 3 is 2.88 bits per heavy atom. The smallest absolute Gasteiger partial charge is 0.134 e. The second kappa shape index (κ2) is 3.36. The van der Waals surface area contributed by atoms with E-state index in [2.05, 4.69) is 43.8 Å². The number of aryl methyl sites for hydroxylation is 1. The largest absolute Gasteiger partial charge is 0.359 e. The van der Waals surface area contributed by atoms with Crippen molar-refractivity contribution in [3.8, 4) is 0 Å². The standard InChI is InChI=1S/C14H21NO/c1-10(2)11-6-7-14(13(9-11)16-14)12-5-4-8-15(12)3/h4-5,8,10-11,13H,6-7,9H2,1-3H3/t11-,13-,14-/m1/s1. The van der Waals surface area contributed by atoms with E-state index in [1.807, 2.05) is 0 Å². The van der Waals surface area contributed by atoms with Crippen molar-refractivity contribution in [1.82, 2.24) is 4.57 Å². The van der Waals surface area contributed by atoms with E-state index in [4.69, 9.17) is 4.74 Å². The van der Waals surface area contributed by atoms with Gasteiger partial charge in [-0.1, -0.05) is 13.8 Å². The zero-order valence-corrected chi connectivity index (χ0v) is 10.4. The van der Waals surface area contributed by atoms with Crippen LogP contribution in [0.1, 0.15) is 38.8 Å². The fourth-order valence-electron chi connectivity index (χ4n) is 3.33. The molecule has 1 saturated carbocycles. The van der Waals surface area contributed by atoms with Gasteiger partial charge in [0, 0.05) is 13.2 Å². The molecule has 0 radical (unpaired) electrons. The van der Waals surface area contributed by atoms with Gasteiger partial charge >= 0.3 is 0 Å². The van der Waals surface area contributed by atoms with Crippen LogP contribution >= 0.6 is 0 Å². The van der Waals surface area contributed by atoms with Gasteiger partial charge in [0.25, 0.3) is 0 Å². The van der Waals surface area contributed by atoms with Crippen molar-refractivity contribution < 1.29 is 4.74 Å². The van der Waals surface area contributed by atoms with Crippen molar-refractivity contribution in [1.29, 1.82) is 0 Å². The molecule has 2 heteroatoms. The molecule has 2 heterocycles. The number of ether oxygens (including phenoxy) is 1. The van der Waals surface area contributed by atoms with Crippen LogP contribution in [0.4, 0.5) is 0 Å².